The van der Waals surface area contributed by atoms with Crippen molar-refractivity contribution in [1.29, 1.82) is 0 Å². The number of nitrogens with zero attached hydrogens (tertiary/aromatic N) is 1. The van der Waals surface area contributed by atoms with E-state index >= 15 is 0 Å². The fourth-order valence-corrected chi connectivity index (χ4v) is 2.87. The van der Waals surface area contributed by atoms with Crippen molar-refractivity contribution >= 4 is 58.0 Å². The SMILES string of the molecule is COc1cccnc1-c1c(Cl)c(Cl)c(Cl)c(Cl)c1Cl. The summed E-state index contributed by atoms with van der Waals surface area (Å²) in [4.78, 5) is 4.20. The Hall–Kier alpha value is -0.380. The Balaban J connectivity index is 2.83. The highest BCUT2D eigenvalue weighted by atomic mass is 35.5. The van der Waals surface area contributed by atoms with E-state index in [9.17, 15) is 0 Å². The van der Waals surface area contributed by atoms with Gasteiger partial charge in [-0.25, -0.2) is 0 Å². The second-order valence-corrected chi connectivity index (χ2v) is 5.39. The van der Waals surface area contributed by atoms with Gasteiger partial charge in [0.05, 0.1) is 32.2 Å². The third kappa shape index (κ3) is 2.61. The zero-order chi connectivity index (χ0) is 14.2. The second kappa shape index (κ2) is 5.94. The molecule has 1 heterocycles. The lowest BCUT2D eigenvalue weighted by Crippen LogP contribution is -1.93. The number of rotatable bonds is 2. The van der Waals surface area contributed by atoms with E-state index in [0.717, 1.165) is 0 Å². The zero-order valence-electron chi connectivity index (χ0n) is 9.48. The molecule has 1 aromatic carbocycles. The first-order valence-corrected chi connectivity index (χ1v) is 6.88. The van der Waals surface area contributed by atoms with Crippen LogP contribution >= 0.6 is 58.0 Å². The molecule has 2 rings (SSSR count). The molecule has 0 saturated heterocycles. The number of methoxy groups -OCH3 is 1. The minimum absolute atomic E-state index is 0.108. The van der Waals surface area contributed by atoms with E-state index in [0.29, 0.717) is 17.0 Å². The molecule has 0 spiro atoms. The third-order valence-electron chi connectivity index (χ3n) is 2.44. The van der Waals surface area contributed by atoms with Gasteiger partial charge < -0.3 is 4.74 Å². The Morgan fingerprint density at radius 3 is 1.95 bits per heavy atom. The number of hydrogen-bond acceptors (Lipinski definition) is 2. The first-order valence-electron chi connectivity index (χ1n) is 4.99. The average molecular weight is 357 g/mol. The maximum atomic E-state index is 6.18. The predicted molar refractivity (Wildman–Crippen MR) is 81.3 cm³/mol. The monoisotopic (exact) mass is 355 g/mol. The fraction of sp³-hybridized carbons (Fsp3) is 0.0833. The maximum Gasteiger partial charge on any atom is 0.145 e. The molecule has 0 atom stereocenters. The number of hydrogen-bond donors (Lipinski definition) is 0. The van der Waals surface area contributed by atoms with Crippen molar-refractivity contribution in [3.63, 3.8) is 0 Å². The second-order valence-electron chi connectivity index (χ2n) is 3.50. The minimum Gasteiger partial charge on any atom is -0.494 e. The molecule has 2 aromatic rings. The van der Waals surface area contributed by atoms with E-state index in [-0.39, 0.29) is 25.1 Å². The Kier molecular flexibility index (Phi) is 4.70. The number of halogens is 5. The lowest BCUT2D eigenvalue weighted by molar-refractivity contribution is 0.415. The highest BCUT2D eigenvalue weighted by Crippen LogP contribution is 2.49. The van der Waals surface area contributed by atoms with Crippen LogP contribution in [0.3, 0.4) is 0 Å². The molecule has 0 amide bonds. The lowest BCUT2D eigenvalue weighted by Gasteiger charge is -2.14. The van der Waals surface area contributed by atoms with Crippen molar-refractivity contribution < 1.29 is 4.74 Å². The van der Waals surface area contributed by atoms with Crippen LogP contribution in [0.4, 0.5) is 0 Å². The summed E-state index contributed by atoms with van der Waals surface area (Å²) in [5, 5.41) is 0.717. The van der Waals surface area contributed by atoms with Gasteiger partial charge in [-0.15, -0.1) is 0 Å². The topological polar surface area (TPSA) is 22.1 Å². The van der Waals surface area contributed by atoms with Crippen LogP contribution in [0, 0.1) is 0 Å². The molecule has 0 aliphatic carbocycles. The summed E-state index contributed by atoms with van der Waals surface area (Å²) < 4.78 is 5.22. The molecule has 0 aliphatic heterocycles. The lowest BCUT2D eigenvalue weighted by atomic mass is 10.1. The van der Waals surface area contributed by atoms with Gasteiger partial charge in [0.25, 0.3) is 0 Å². The zero-order valence-corrected chi connectivity index (χ0v) is 13.3. The van der Waals surface area contributed by atoms with E-state index in [2.05, 4.69) is 4.98 Å². The van der Waals surface area contributed by atoms with Gasteiger partial charge in [0.2, 0.25) is 0 Å². The minimum atomic E-state index is 0.108. The smallest absolute Gasteiger partial charge is 0.145 e. The van der Waals surface area contributed by atoms with Gasteiger partial charge in [-0.2, -0.15) is 0 Å². The van der Waals surface area contributed by atoms with Gasteiger partial charge in [0.1, 0.15) is 11.4 Å². The molecule has 1 aromatic heterocycles. The molecule has 0 N–H and O–H groups in total. The van der Waals surface area contributed by atoms with E-state index in [1.807, 2.05) is 0 Å². The molecule has 0 aliphatic rings. The highest BCUT2D eigenvalue weighted by molar-refractivity contribution is 6.56. The van der Waals surface area contributed by atoms with Crippen molar-refractivity contribution in [3.05, 3.63) is 43.4 Å². The third-order valence-corrected chi connectivity index (χ3v) is 4.71. The van der Waals surface area contributed by atoms with Crippen LogP contribution < -0.4 is 4.74 Å². The van der Waals surface area contributed by atoms with Gasteiger partial charge in [-0.3, -0.25) is 4.98 Å². The van der Waals surface area contributed by atoms with E-state index in [4.69, 9.17) is 62.7 Å². The summed E-state index contributed by atoms with van der Waals surface area (Å²) >= 11 is 30.4. The molecule has 100 valence electrons. The summed E-state index contributed by atoms with van der Waals surface area (Å²) in [6.45, 7) is 0. The van der Waals surface area contributed by atoms with Gasteiger partial charge in [-0.05, 0) is 12.1 Å². The van der Waals surface area contributed by atoms with Crippen molar-refractivity contribution in [2.45, 2.75) is 0 Å². The molecular formula is C12H6Cl5NO. The van der Waals surface area contributed by atoms with Crippen LogP contribution in [0.25, 0.3) is 11.3 Å². The van der Waals surface area contributed by atoms with Crippen LogP contribution in [0.2, 0.25) is 25.1 Å². The summed E-state index contributed by atoms with van der Waals surface area (Å²) in [6.07, 6.45) is 1.58. The van der Waals surface area contributed by atoms with Crippen LogP contribution in [0.15, 0.2) is 18.3 Å². The standard InChI is InChI=1S/C12H6Cl5NO/c1-19-5-3-2-4-18-12(5)6-7(13)9(15)11(17)10(16)8(6)14/h2-4H,1H3. The van der Waals surface area contributed by atoms with Crippen molar-refractivity contribution in [2.24, 2.45) is 0 Å². The Bertz CT molecular complexity index is 615. The molecule has 0 bridgehead atoms. The van der Waals surface area contributed by atoms with Gasteiger partial charge in [0.15, 0.2) is 0 Å². The first kappa shape index (κ1) is 15.0. The predicted octanol–water partition coefficient (Wildman–Crippen LogP) is 6.02. The first-order chi connectivity index (χ1) is 8.99. The average Bonchev–Trinajstić information content (AvgIpc) is 2.44. The van der Waals surface area contributed by atoms with Gasteiger partial charge >= 0.3 is 0 Å². The molecule has 7 heteroatoms. The summed E-state index contributed by atoms with van der Waals surface area (Å²) in [5.74, 6) is 0.501. The van der Waals surface area contributed by atoms with Crippen molar-refractivity contribution in [2.75, 3.05) is 7.11 Å². The number of aromatic nitrogens is 1. The normalized spacial score (nSPS) is 10.6. The Morgan fingerprint density at radius 1 is 0.895 bits per heavy atom. The number of benzene rings is 1. The van der Waals surface area contributed by atoms with Crippen molar-refractivity contribution in [3.8, 4) is 17.0 Å². The van der Waals surface area contributed by atoms with E-state index < -0.39 is 0 Å². The highest BCUT2D eigenvalue weighted by Gasteiger charge is 2.23. The quantitative estimate of drug-likeness (QED) is 0.484. The van der Waals surface area contributed by atoms with E-state index in [1.165, 1.54) is 7.11 Å². The molecule has 0 radical (unpaired) electrons. The number of pyridine rings is 1. The molecule has 19 heavy (non-hydrogen) atoms. The van der Waals surface area contributed by atoms with Crippen LogP contribution in [-0.4, -0.2) is 12.1 Å². The van der Waals surface area contributed by atoms with Gasteiger partial charge in [-0.1, -0.05) is 58.0 Å². The Morgan fingerprint density at radius 2 is 1.42 bits per heavy atom. The molecule has 0 unspecified atom stereocenters. The largest absolute Gasteiger partial charge is 0.494 e. The summed E-state index contributed by atoms with van der Waals surface area (Å²) in [6, 6.07) is 3.45. The Labute approximate surface area is 135 Å². The summed E-state index contributed by atoms with van der Waals surface area (Å²) in [7, 11) is 1.52. The van der Waals surface area contributed by atoms with Crippen molar-refractivity contribution in [1.82, 2.24) is 4.98 Å². The number of ether oxygens (including phenoxy) is 1. The maximum absolute atomic E-state index is 6.18. The summed E-state index contributed by atoms with van der Waals surface area (Å²) in [5.41, 5.74) is 0.834. The van der Waals surface area contributed by atoms with E-state index in [1.54, 1.807) is 18.3 Å². The molecule has 0 saturated carbocycles. The van der Waals surface area contributed by atoms with Crippen LogP contribution in [-0.2, 0) is 0 Å². The van der Waals surface area contributed by atoms with Crippen LogP contribution in [0.1, 0.15) is 0 Å². The van der Waals surface area contributed by atoms with Gasteiger partial charge in [0, 0.05) is 11.8 Å². The molecule has 0 fully saturated rings. The fourth-order valence-electron chi connectivity index (χ4n) is 1.56. The molecular weight excluding hydrogens is 351 g/mol. The van der Waals surface area contributed by atoms with Crippen LogP contribution in [0.5, 0.6) is 5.75 Å². The molecule has 2 nitrogen and oxygen atoms in total.